The van der Waals surface area contributed by atoms with Crippen molar-refractivity contribution in [1.82, 2.24) is 10.2 Å². The second-order valence-electron chi connectivity index (χ2n) is 5.20. The molecule has 0 saturated carbocycles. The molecule has 0 unspecified atom stereocenters. The molecule has 0 atom stereocenters. The minimum absolute atomic E-state index is 0.257. The summed E-state index contributed by atoms with van der Waals surface area (Å²) in [6, 6.07) is 2.99. The Bertz CT molecular complexity index is 869. The number of esters is 1. The molecule has 132 valence electrons. The summed E-state index contributed by atoms with van der Waals surface area (Å²) in [5.41, 5.74) is -3.62. The molecular formula is C15H10ClF4N3O2. The van der Waals surface area contributed by atoms with E-state index in [1.807, 2.05) is 0 Å². The fourth-order valence-electron chi connectivity index (χ4n) is 2.02. The van der Waals surface area contributed by atoms with Crippen LogP contribution in [0.3, 0.4) is 0 Å². The number of H-pyrrole nitrogens is 1. The van der Waals surface area contributed by atoms with E-state index in [4.69, 9.17) is 21.6 Å². The molecule has 0 spiro atoms. The molecule has 2 aromatic rings. The van der Waals surface area contributed by atoms with Crippen LogP contribution >= 0.6 is 11.6 Å². The number of carbonyl (C=O) groups is 1. The lowest BCUT2D eigenvalue weighted by Gasteiger charge is -2.11. The van der Waals surface area contributed by atoms with Gasteiger partial charge in [-0.2, -0.15) is 23.5 Å². The zero-order chi connectivity index (χ0) is 18.9. The van der Waals surface area contributed by atoms with E-state index in [2.05, 4.69) is 5.10 Å². The average Bonchev–Trinajstić information content (AvgIpc) is 2.90. The molecule has 0 saturated heterocycles. The van der Waals surface area contributed by atoms with E-state index >= 15 is 0 Å². The Labute approximate surface area is 144 Å². The molecule has 5 nitrogen and oxygen atoms in total. The highest BCUT2D eigenvalue weighted by molar-refractivity contribution is 6.33. The minimum atomic E-state index is -4.88. The van der Waals surface area contributed by atoms with Crippen molar-refractivity contribution in [2.45, 2.75) is 26.1 Å². The Kier molecular flexibility index (Phi) is 5.04. The second-order valence-corrected chi connectivity index (χ2v) is 5.60. The molecule has 10 heteroatoms. The molecule has 1 N–H and O–H groups in total. The third-order valence-corrected chi connectivity index (χ3v) is 3.35. The smallest absolute Gasteiger partial charge is 0.434 e. The highest BCUT2D eigenvalue weighted by atomic mass is 35.5. The molecule has 1 aromatic heterocycles. The molecule has 0 aliphatic carbocycles. The standard InChI is InChI=1S/C15H10ClF4N3O2/c1-6(2)25-14(24)7-3-8(11(17)4-10(7)16)12-9(5-21)13(23-22-12)15(18,19)20/h3-4,6H,1-2H3,(H,22,23). The van der Waals surface area contributed by atoms with E-state index in [-0.39, 0.29) is 10.6 Å². The van der Waals surface area contributed by atoms with E-state index < -0.39 is 46.6 Å². The summed E-state index contributed by atoms with van der Waals surface area (Å²) in [5, 5.41) is 13.8. The first-order valence-corrected chi connectivity index (χ1v) is 7.20. The third-order valence-electron chi connectivity index (χ3n) is 3.04. The normalized spacial score (nSPS) is 11.5. The summed E-state index contributed by atoms with van der Waals surface area (Å²) in [7, 11) is 0. The van der Waals surface area contributed by atoms with Crippen LogP contribution in [0, 0.1) is 17.1 Å². The van der Waals surface area contributed by atoms with Crippen LogP contribution in [0.15, 0.2) is 12.1 Å². The number of aromatic amines is 1. The number of hydrogen-bond donors (Lipinski definition) is 1. The van der Waals surface area contributed by atoms with Crippen LogP contribution in [-0.4, -0.2) is 22.3 Å². The van der Waals surface area contributed by atoms with Crippen molar-refractivity contribution in [3.8, 4) is 17.3 Å². The zero-order valence-corrected chi connectivity index (χ0v) is 13.6. The average molecular weight is 376 g/mol. The van der Waals surface area contributed by atoms with Crippen LogP contribution in [-0.2, 0) is 10.9 Å². The molecule has 0 aliphatic rings. The highest BCUT2D eigenvalue weighted by Gasteiger charge is 2.38. The monoisotopic (exact) mass is 375 g/mol. The molecule has 2 rings (SSSR count). The van der Waals surface area contributed by atoms with Gasteiger partial charge >= 0.3 is 12.1 Å². The number of carbonyl (C=O) groups excluding carboxylic acids is 1. The molecular weight excluding hydrogens is 366 g/mol. The van der Waals surface area contributed by atoms with Gasteiger partial charge in [0.25, 0.3) is 0 Å². The van der Waals surface area contributed by atoms with E-state index in [1.165, 1.54) is 6.07 Å². The lowest BCUT2D eigenvalue weighted by molar-refractivity contribution is -0.141. The number of benzene rings is 1. The van der Waals surface area contributed by atoms with Gasteiger partial charge < -0.3 is 4.74 Å². The quantitative estimate of drug-likeness (QED) is 0.640. The van der Waals surface area contributed by atoms with Gasteiger partial charge in [-0.3, -0.25) is 5.10 Å². The van der Waals surface area contributed by atoms with Gasteiger partial charge in [-0.05, 0) is 26.0 Å². The molecule has 1 heterocycles. The summed E-state index contributed by atoms with van der Waals surface area (Å²) in [6.07, 6.45) is -5.37. The number of aromatic nitrogens is 2. The van der Waals surface area contributed by atoms with Gasteiger partial charge in [0.05, 0.1) is 16.7 Å². The topological polar surface area (TPSA) is 78.8 Å². The van der Waals surface area contributed by atoms with Crippen molar-refractivity contribution < 1.29 is 27.1 Å². The number of nitriles is 1. The molecule has 0 bridgehead atoms. The lowest BCUT2D eigenvalue weighted by Crippen LogP contribution is -2.12. The predicted octanol–water partition coefficient (Wildman–Crippen LogP) is 4.32. The predicted molar refractivity (Wildman–Crippen MR) is 79.3 cm³/mol. The Hall–Kier alpha value is -2.60. The maximum Gasteiger partial charge on any atom is 0.434 e. The van der Waals surface area contributed by atoms with Crippen LogP contribution in [0.4, 0.5) is 17.6 Å². The van der Waals surface area contributed by atoms with E-state index in [9.17, 15) is 22.4 Å². The molecule has 0 amide bonds. The molecule has 0 fully saturated rings. The van der Waals surface area contributed by atoms with Crippen molar-refractivity contribution in [3.05, 3.63) is 39.8 Å². The summed E-state index contributed by atoms with van der Waals surface area (Å²) in [6.45, 7) is 3.15. The first-order valence-electron chi connectivity index (χ1n) is 6.82. The van der Waals surface area contributed by atoms with Crippen LogP contribution in [0.5, 0.6) is 0 Å². The van der Waals surface area contributed by atoms with Crippen molar-refractivity contribution in [3.63, 3.8) is 0 Å². The first kappa shape index (κ1) is 18.7. The van der Waals surface area contributed by atoms with Gasteiger partial charge in [0, 0.05) is 5.56 Å². The van der Waals surface area contributed by atoms with Crippen molar-refractivity contribution in [1.29, 1.82) is 5.26 Å². The SMILES string of the molecule is CC(C)OC(=O)c1cc(-c2n[nH]c(C(F)(F)F)c2C#N)c(F)cc1Cl. The Morgan fingerprint density at radius 3 is 2.56 bits per heavy atom. The Morgan fingerprint density at radius 1 is 1.40 bits per heavy atom. The maximum atomic E-state index is 14.2. The van der Waals surface area contributed by atoms with Gasteiger partial charge in [0.2, 0.25) is 0 Å². The maximum absolute atomic E-state index is 14.2. The lowest BCUT2D eigenvalue weighted by atomic mass is 10.0. The fraction of sp³-hybridized carbons (Fsp3) is 0.267. The van der Waals surface area contributed by atoms with Gasteiger partial charge in [-0.25, -0.2) is 9.18 Å². The number of ether oxygens (including phenoxy) is 1. The number of alkyl halides is 3. The summed E-state index contributed by atoms with van der Waals surface area (Å²) in [5.74, 6) is -1.92. The molecule has 0 aliphatic heterocycles. The van der Waals surface area contributed by atoms with Crippen LogP contribution in [0.25, 0.3) is 11.3 Å². The molecule has 25 heavy (non-hydrogen) atoms. The first-order chi connectivity index (χ1) is 11.6. The van der Waals surface area contributed by atoms with Gasteiger partial charge in [-0.1, -0.05) is 11.6 Å². The number of rotatable bonds is 3. The number of nitrogens with one attached hydrogen (secondary N) is 1. The Morgan fingerprint density at radius 2 is 2.04 bits per heavy atom. The summed E-state index contributed by atoms with van der Waals surface area (Å²) >= 11 is 5.80. The zero-order valence-electron chi connectivity index (χ0n) is 12.8. The van der Waals surface area contributed by atoms with Crippen LogP contribution in [0.1, 0.15) is 35.5 Å². The van der Waals surface area contributed by atoms with Crippen LogP contribution in [0.2, 0.25) is 5.02 Å². The molecule has 1 aromatic carbocycles. The Balaban J connectivity index is 2.63. The number of hydrogen-bond acceptors (Lipinski definition) is 4. The van der Waals surface area contributed by atoms with Gasteiger partial charge in [-0.15, -0.1) is 0 Å². The summed E-state index contributed by atoms with van der Waals surface area (Å²) < 4.78 is 57.7. The number of nitrogens with zero attached hydrogens (tertiary/aromatic N) is 2. The van der Waals surface area contributed by atoms with E-state index in [0.717, 1.165) is 12.1 Å². The highest BCUT2D eigenvalue weighted by Crippen LogP contribution is 2.36. The third kappa shape index (κ3) is 3.74. The van der Waals surface area contributed by atoms with Crippen molar-refractivity contribution in [2.75, 3.05) is 0 Å². The van der Waals surface area contributed by atoms with Crippen LogP contribution < -0.4 is 0 Å². The van der Waals surface area contributed by atoms with E-state index in [1.54, 1.807) is 18.9 Å². The summed E-state index contributed by atoms with van der Waals surface area (Å²) in [4.78, 5) is 12.0. The van der Waals surface area contributed by atoms with Gasteiger partial charge in [0.15, 0.2) is 5.69 Å². The van der Waals surface area contributed by atoms with Crippen molar-refractivity contribution in [2.24, 2.45) is 0 Å². The van der Waals surface area contributed by atoms with Gasteiger partial charge in [0.1, 0.15) is 23.1 Å². The largest absolute Gasteiger partial charge is 0.459 e. The van der Waals surface area contributed by atoms with E-state index in [0.29, 0.717) is 0 Å². The second kappa shape index (κ2) is 6.72. The molecule has 0 radical (unpaired) electrons. The van der Waals surface area contributed by atoms with Crippen molar-refractivity contribution >= 4 is 17.6 Å². The minimum Gasteiger partial charge on any atom is -0.459 e. The number of halogens is 5. The fourth-order valence-corrected chi connectivity index (χ4v) is 2.24.